The van der Waals surface area contributed by atoms with Crippen LogP contribution in [0.2, 0.25) is 0 Å². The normalized spacial score (nSPS) is 24.5. The molecule has 61 valence electrons. The van der Waals surface area contributed by atoms with E-state index in [0.29, 0.717) is 0 Å². The van der Waals surface area contributed by atoms with E-state index in [4.69, 9.17) is 5.21 Å². The van der Waals surface area contributed by atoms with Crippen molar-refractivity contribution in [3.05, 3.63) is 0 Å². The molecule has 1 aliphatic heterocycles. The summed E-state index contributed by atoms with van der Waals surface area (Å²) in [5.74, 6) is -1.97. The maximum Gasteiger partial charge on any atom is 0.276 e. The highest BCUT2D eigenvalue weighted by atomic mass is 32.2. The molecule has 0 aromatic carbocycles. The van der Waals surface area contributed by atoms with Crippen molar-refractivity contribution >= 4 is 22.5 Å². The lowest BCUT2D eigenvalue weighted by Gasteiger charge is -1.99. The summed E-state index contributed by atoms with van der Waals surface area (Å²) in [4.78, 5) is 21.1. The molecular weight excluding hydrogens is 174 g/mol. The van der Waals surface area contributed by atoms with Crippen molar-refractivity contribution in [2.24, 2.45) is 0 Å². The van der Waals surface area contributed by atoms with Gasteiger partial charge in [0.1, 0.15) is 0 Å². The molecule has 1 radical (unpaired) electrons. The number of nitrogens with zero attached hydrogens (tertiary/aromatic N) is 1. The average molecular weight is 178 g/mol. The molecule has 11 heavy (non-hydrogen) atoms. The van der Waals surface area contributed by atoms with Gasteiger partial charge in [-0.3, -0.25) is 14.8 Å². The topological polar surface area (TPSA) is 91.8 Å². The van der Waals surface area contributed by atoms with Crippen LogP contribution in [-0.2, 0) is 20.3 Å². The Morgan fingerprint density at radius 1 is 1.45 bits per heavy atom. The smallest absolute Gasteiger partial charge is 0.276 e. The van der Waals surface area contributed by atoms with E-state index in [0.717, 1.165) is 0 Å². The van der Waals surface area contributed by atoms with E-state index >= 15 is 0 Å². The molecule has 1 rings (SSSR count). The summed E-state index contributed by atoms with van der Waals surface area (Å²) in [6, 6.07) is 0. The van der Waals surface area contributed by atoms with E-state index < -0.39 is 34.2 Å². The number of imide groups is 1. The van der Waals surface area contributed by atoms with E-state index in [-0.39, 0.29) is 5.06 Å². The van der Waals surface area contributed by atoms with Crippen LogP contribution in [0.1, 0.15) is 6.42 Å². The predicted molar refractivity (Wildman–Crippen MR) is 31.0 cm³/mol. The van der Waals surface area contributed by atoms with Crippen molar-refractivity contribution in [2.75, 3.05) is 0 Å². The predicted octanol–water partition coefficient (Wildman–Crippen LogP) is -1.62. The summed E-state index contributed by atoms with van der Waals surface area (Å²) in [7, 11) is -2.63. The fraction of sp³-hybridized carbons (Fsp3) is 0.500. The van der Waals surface area contributed by atoms with Crippen molar-refractivity contribution in [1.82, 2.24) is 5.06 Å². The van der Waals surface area contributed by atoms with Crippen molar-refractivity contribution in [3.8, 4) is 0 Å². The largest absolute Gasteiger partial charge is 0.278 e. The first-order chi connectivity index (χ1) is 5.04. The first-order valence-electron chi connectivity index (χ1n) is 2.67. The quantitative estimate of drug-likeness (QED) is 0.385. The molecule has 0 aromatic rings. The van der Waals surface area contributed by atoms with Gasteiger partial charge >= 0.3 is 0 Å². The van der Waals surface area contributed by atoms with Crippen LogP contribution < -0.4 is 0 Å². The van der Waals surface area contributed by atoms with E-state index in [2.05, 4.69) is 0 Å². The van der Waals surface area contributed by atoms with Crippen LogP contribution in [-0.4, -0.2) is 35.8 Å². The molecule has 1 aliphatic rings. The number of amides is 2. The first kappa shape index (κ1) is 8.02. The third-order valence-corrected chi connectivity index (χ3v) is 2.15. The minimum Gasteiger partial charge on any atom is -0.278 e. The van der Waals surface area contributed by atoms with Gasteiger partial charge in [-0.05, 0) is 0 Å². The summed E-state index contributed by atoms with van der Waals surface area (Å²) in [6.45, 7) is 0. The third kappa shape index (κ3) is 1.19. The molecule has 0 spiro atoms. The van der Waals surface area contributed by atoms with Crippen LogP contribution in [0.25, 0.3) is 0 Å². The minimum absolute atomic E-state index is 0.166. The summed E-state index contributed by atoms with van der Waals surface area (Å²) in [5, 5.41) is 6.97. The van der Waals surface area contributed by atoms with E-state index in [1.54, 1.807) is 0 Å². The SMILES string of the molecule is O=C1CC([S](=O)=O)C(=O)N1O. The van der Waals surface area contributed by atoms with E-state index in [1.165, 1.54) is 0 Å². The second-order valence-corrected chi connectivity index (χ2v) is 3.09. The van der Waals surface area contributed by atoms with Crippen molar-refractivity contribution < 1.29 is 23.2 Å². The number of hydroxylamine groups is 2. The Morgan fingerprint density at radius 3 is 2.18 bits per heavy atom. The Labute approximate surface area is 63.3 Å². The van der Waals surface area contributed by atoms with Crippen LogP contribution in [0.4, 0.5) is 0 Å². The second-order valence-electron chi connectivity index (χ2n) is 2.00. The van der Waals surface area contributed by atoms with Gasteiger partial charge in [-0.15, -0.1) is 0 Å². The molecule has 2 amide bonds. The molecule has 1 fully saturated rings. The lowest BCUT2D eigenvalue weighted by atomic mass is 10.4. The van der Waals surface area contributed by atoms with Gasteiger partial charge in [0.2, 0.25) is 10.7 Å². The Bertz CT molecular complexity index is 274. The molecule has 0 aromatic heterocycles. The van der Waals surface area contributed by atoms with Crippen LogP contribution in [0.15, 0.2) is 0 Å². The van der Waals surface area contributed by atoms with Gasteiger partial charge in [-0.2, -0.15) is 13.5 Å². The van der Waals surface area contributed by atoms with Crippen LogP contribution >= 0.6 is 0 Å². The van der Waals surface area contributed by atoms with Crippen molar-refractivity contribution in [3.63, 3.8) is 0 Å². The van der Waals surface area contributed by atoms with Crippen molar-refractivity contribution in [1.29, 1.82) is 0 Å². The van der Waals surface area contributed by atoms with Gasteiger partial charge in [0, 0.05) is 0 Å². The zero-order chi connectivity index (χ0) is 8.59. The molecule has 1 heterocycles. The monoisotopic (exact) mass is 178 g/mol. The highest BCUT2D eigenvalue weighted by molar-refractivity contribution is 7.74. The number of hydrogen-bond donors (Lipinski definition) is 1. The number of rotatable bonds is 1. The fourth-order valence-electron chi connectivity index (χ4n) is 0.742. The van der Waals surface area contributed by atoms with Crippen LogP contribution in [0, 0.1) is 0 Å². The highest BCUT2D eigenvalue weighted by Crippen LogP contribution is 2.12. The fourth-order valence-corrected chi connectivity index (χ4v) is 1.29. The van der Waals surface area contributed by atoms with Crippen LogP contribution in [0.3, 0.4) is 0 Å². The van der Waals surface area contributed by atoms with E-state index in [1.807, 2.05) is 0 Å². The highest BCUT2D eigenvalue weighted by Gasteiger charge is 2.41. The molecule has 0 saturated carbocycles. The first-order valence-corrected chi connectivity index (χ1v) is 3.81. The molecule has 1 unspecified atom stereocenters. The van der Waals surface area contributed by atoms with Gasteiger partial charge in [0.05, 0.1) is 6.42 Å². The Hall–Kier alpha value is -1.08. The van der Waals surface area contributed by atoms with Crippen molar-refractivity contribution in [2.45, 2.75) is 11.7 Å². The summed E-state index contributed by atoms with van der Waals surface area (Å²) >= 11 is 0. The summed E-state index contributed by atoms with van der Waals surface area (Å²) in [5.41, 5.74) is 0. The molecular formula is C4H4NO5S. The lowest BCUT2D eigenvalue weighted by molar-refractivity contribution is -0.170. The summed E-state index contributed by atoms with van der Waals surface area (Å²) in [6.07, 6.45) is -0.467. The number of carbonyl (C=O) groups excluding carboxylic acids is 2. The Balaban J connectivity index is 2.92. The number of carbonyl (C=O) groups is 2. The summed E-state index contributed by atoms with van der Waals surface area (Å²) < 4.78 is 20.4. The molecule has 7 heteroatoms. The van der Waals surface area contributed by atoms with Gasteiger partial charge in [0.25, 0.3) is 11.8 Å². The zero-order valence-electron chi connectivity index (χ0n) is 5.22. The van der Waals surface area contributed by atoms with Gasteiger partial charge in [-0.1, -0.05) is 0 Å². The molecule has 1 N–H and O–H groups in total. The number of hydrogen-bond acceptors (Lipinski definition) is 5. The molecule has 6 nitrogen and oxygen atoms in total. The molecule has 0 aliphatic carbocycles. The van der Waals surface area contributed by atoms with Gasteiger partial charge in [-0.25, -0.2) is 0 Å². The molecule has 1 saturated heterocycles. The standard InChI is InChI=1S/C4H4NO5S/c6-3-1-2(11(9)10)4(7)5(3)8/h2,8H,1H2. The second kappa shape index (κ2) is 2.51. The zero-order valence-corrected chi connectivity index (χ0v) is 6.04. The van der Waals surface area contributed by atoms with E-state index in [9.17, 15) is 18.0 Å². The lowest BCUT2D eigenvalue weighted by Crippen LogP contribution is -2.28. The van der Waals surface area contributed by atoms with Crippen LogP contribution in [0.5, 0.6) is 0 Å². The maximum atomic E-state index is 10.6. The maximum absolute atomic E-state index is 10.6. The van der Waals surface area contributed by atoms with Gasteiger partial charge in [0.15, 0.2) is 5.25 Å². The Morgan fingerprint density at radius 2 is 2.00 bits per heavy atom. The molecule has 1 atom stereocenters. The average Bonchev–Trinajstić information content (AvgIpc) is 2.17. The third-order valence-electron chi connectivity index (χ3n) is 1.31. The molecule has 0 bridgehead atoms. The van der Waals surface area contributed by atoms with Gasteiger partial charge < -0.3 is 0 Å². The Kier molecular flexibility index (Phi) is 1.83. The minimum atomic E-state index is -2.63.